The van der Waals surface area contributed by atoms with Crippen LogP contribution in [0.1, 0.15) is 212 Å². The number of fused-ring (bicyclic) bond motifs is 5. The van der Waals surface area contributed by atoms with Crippen molar-refractivity contribution in [3.05, 3.63) is 302 Å². The lowest BCUT2D eigenvalue weighted by Gasteiger charge is -2.24. The van der Waals surface area contributed by atoms with E-state index in [1.165, 1.54) is 81.7 Å². The molecule has 0 spiro atoms. The Labute approximate surface area is 837 Å². The average molecular weight is 2040 g/mol. The molecule has 24 nitrogen and oxygen atoms in total. The number of alkyl halides is 6. The van der Waals surface area contributed by atoms with Gasteiger partial charge in [-0.3, -0.25) is 47.9 Å². The lowest BCUT2D eigenvalue weighted by atomic mass is 9.97. The Kier molecular flexibility index (Phi) is 31.6. The van der Waals surface area contributed by atoms with Gasteiger partial charge in [-0.1, -0.05) is 23.7 Å². The lowest BCUT2D eigenvalue weighted by molar-refractivity contribution is -0.274. The number of rotatable bonds is 26. The van der Waals surface area contributed by atoms with Gasteiger partial charge in [0.15, 0.2) is 64.4 Å². The quantitative estimate of drug-likeness (QED) is 0.0455. The molecule has 36 heteroatoms. The smallest absolute Gasteiger partial charge is 0.491 e. The summed E-state index contributed by atoms with van der Waals surface area (Å²) in [5.74, 6) is 2.19. The third kappa shape index (κ3) is 25.5. The molecule has 10 aromatic heterocycles. The summed E-state index contributed by atoms with van der Waals surface area (Å²) >= 11 is 13.2. The molecule has 0 N–H and O–H groups in total. The molecule has 5 unspecified atom stereocenters. The number of halogens is 7. The topological polar surface area (TPSA) is 297 Å². The summed E-state index contributed by atoms with van der Waals surface area (Å²) < 4.78 is 103. The Hall–Kier alpha value is -13.6. The van der Waals surface area contributed by atoms with Crippen molar-refractivity contribution in [2.24, 2.45) is 0 Å². The highest BCUT2D eigenvalue weighted by molar-refractivity contribution is 7.16. The molecular formula is C106H95ClF6N10O14S5. The van der Waals surface area contributed by atoms with E-state index in [-0.39, 0.29) is 143 Å². The fourth-order valence-corrected chi connectivity index (χ4v) is 22.2. The van der Waals surface area contributed by atoms with E-state index >= 15 is 0 Å². The van der Waals surface area contributed by atoms with Crippen molar-refractivity contribution in [1.29, 1.82) is 0 Å². The second kappa shape index (κ2) is 44.3. The monoisotopic (exact) mass is 2040 g/mol. The molecule has 0 amide bonds. The molecule has 20 rings (SSSR count). The Bertz CT molecular complexity index is 7110. The highest BCUT2D eigenvalue weighted by atomic mass is 35.5. The van der Waals surface area contributed by atoms with Gasteiger partial charge in [-0.05, 0) is 271 Å². The third-order valence-corrected chi connectivity index (χ3v) is 29.5. The van der Waals surface area contributed by atoms with Crippen LogP contribution in [0.25, 0.3) is 52.2 Å². The van der Waals surface area contributed by atoms with Crippen LogP contribution in [0.2, 0.25) is 5.02 Å². The molecule has 0 saturated heterocycles. The van der Waals surface area contributed by atoms with Crippen molar-refractivity contribution in [2.45, 2.75) is 192 Å². The number of hydrogen-bond donors (Lipinski definition) is 0. The summed E-state index contributed by atoms with van der Waals surface area (Å²) in [6.45, 7) is 10.7. The number of aryl methyl sites for hydroxylation is 1. The molecule has 0 aliphatic carbocycles. The van der Waals surface area contributed by atoms with Gasteiger partial charge >= 0.3 is 12.5 Å². The Morgan fingerprint density at radius 1 is 0.373 bits per heavy atom. The number of ether oxygens (including phenoxy) is 4. The van der Waals surface area contributed by atoms with E-state index in [0.717, 1.165) is 78.9 Å². The predicted molar refractivity (Wildman–Crippen MR) is 531 cm³/mol. The summed E-state index contributed by atoms with van der Waals surface area (Å²) in [7, 11) is 0. The lowest BCUT2D eigenvalue weighted by Crippen LogP contribution is -2.28. The Morgan fingerprint density at radius 3 is 0.937 bits per heavy atom. The molecule has 5 atom stereocenters. The minimum Gasteiger partial charge on any atom is -0.491 e. The molecule has 732 valence electrons. The molecule has 0 fully saturated rings. The number of nitrogens with zero attached hydrogens (tertiary/aromatic N) is 10. The van der Waals surface area contributed by atoms with Crippen LogP contribution in [0.3, 0.4) is 0 Å². The van der Waals surface area contributed by atoms with Crippen LogP contribution in [-0.4, -0.2) is 136 Å². The van der Waals surface area contributed by atoms with E-state index in [1.807, 2.05) is 171 Å². The fourth-order valence-electron chi connectivity index (χ4n) is 17.3. The Balaban J connectivity index is 0.000000128. The minimum atomic E-state index is -4.73. The SMILES string of the molecule is CC(C)Oc1ccc(-c2cnc(CC(=O)C3CCC(=O)c4cccn43)s2)cc1.Cc1nc(CC(=O)C2CCC(=O)c3cccn32)sc1-c1ccc(OC(C)(C)C)cc1.O=C1CCC(C(=O)Cc2ncc(-c3ccc(Cl)cc3)s2)n2cccc21.O=C1CCC(C(=O)Cc2ncc(-c3ccc(OC(F)(F)F)cc3)s2)n2cccc21.O=C1CCC(C(=O)Cc2ncc(-c3ccc(OCC(F)(F)F)cc3)s2)n2cccc21. The van der Waals surface area contributed by atoms with Gasteiger partial charge in [0.2, 0.25) is 0 Å². The molecule has 15 aromatic rings. The van der Waals surface area contributed by atoms with E-state index in [1.54, 1.807) is 106 Å². The number of carbonyl (C=O) groups excluding carboxylic acids is 10. The zero-order valence-electron chi connectivity index (χ0n) is 77.7. The maximum absolute atomic E-state index is 13.0. The molecule has 5 aliphatic heterocycles. The molecule has 142 heavy (non-hydrogen) atoms. The van der Waals surface area contributed by atoms with Crippen molar-refractivity contribution in [3.63, 3.8) is 0 Å². The number of thiazole rings is 5. The fraction of sp³-hybridized carbons (Fsp3) is 0.292. The van der Waals surface area contributed by atoms with Gasteiger partial charge in [0.05, 0.1) is 127 Å². The third-order valence-electron chi connectivity index (χ3n) is 23.9. The summed E-state index contributed by atoms with van der Waals surface area (Å²) in [6, 6.07) is 51.5. The largest absolute Gasteiger partial charge is 0.573 e. The van der Waals surface area contributed by atoms with E-state index in [2.05, 4.69) is 29.7 Å². The van der Waals surface area contributed by atoms with Gasteiger partial charge in [0.25, 0.3) is 0 Å². The molecule has 5 aromatic carbocycles. The van der Waals surface area contributed by atoms with Gasteiger partial charge < -0.3 is 41.8 Å². The van der Waals surface area contributed by atoms with E-state index in [9.17, 15) is 74.3 Å². The Morgan fingerprint density at radius 2 is 0.648 bits per heavy atom. The maximum atomic E-state index is 13.0. The number of hydrogen-bond acceptors (Lipinski definition) is 24. The first-order chi connectivity index (χ1) is 67.9. The summed E-state index contributed by atoms with van der Waals surface area (Å²) in [5, 5.41) is 4.36. The van der Waals surface area contributed by atoms with Crippen LogP contribution in [0.5, 0.6) is 23.0 Å². The zero-order chi connectivity index (χ0) is 100. The maximum Gasteiger partial charge on any atom is 0.573 e. The first-order valence-corrected chi connectivity index (χ1v) is 50.3. The zero-order valence-corrected chi connectivity index (χ0v) is 82.5. The summed E-state index contributed by atoms with van der Waals surface area (Å²) in [6.07, 6.45) is 12.6. The molecule has 15 heterocycles. The van der Waals surface area contributed by atoms with Gasteiger partial charge in [-0.15, -0.1) is 69.9 Å². The van der Waals surface area contributed by atoms with E-state index < -0.39 is 19.1 Å². The van der Waals surface area contributed by atoms with Gasteiger partial charge in [0.1, 0.15) is 53.6 Å². The van der Waals surface area contributed by atoms with Gasteiger partial charge in [-0.2, -0.15) is 13.2 Å². The summed E-state index contributed by atoms with van der Waals surface area (Å²) in [4.78, 5) is 151. The van der Waals surface area contributed by atoms with Crippen molar-refractivity contribution < 1.29 is 93.2 Å². The highest BCUT2D eigenvalue weighted by Crippen LogP contribution is 2.41. The number of benzene rings is 5. The summed E-state index contributed by atoms with van der Waals surface area (Å²) in [5.41, 5.74) is 8.33. The normalized spacial score (nSPS) is 16.4. The molecule has 0 bridgehead atoms. The van der Waals surface area contributed by atoms with E-state index in [0.29, 0.717) is 113 Å². The van der Waals surface area contributed by atoms with E-state index in [4.69, 9.17) is 25.8 Å². The van der Waals surface area contributed by atoms with Crippen LogP contribution in [0.4, 0.5) is 26.3 Å². The minimum absolute atomic E-state index is 0.00301. The highest BCUT2D eigenvalue weighted by Gasteiger charge is 2.38. The second-order valence-corrected chi connectivity index (χ2v) is 41.5. The first kappa shape index (κ1) is 101. The average Bonchev–Trinajstić information content (AvgIpc) is 1.64. The van der Waals surface area contributed by atoms with Crippen LogP contribution < -0.4 is 18.9 Å². The predicted octanol–water partition coefficient (Wildman–Crippen LogP) is 24.5. The number of carbonyl (C=O) groups is 10. The number of ketones is 10. The number of aromatic nitrogens is 10. The van der Waals surface area contributed by atoms with Gasteiger partial charge in [-0.25, -0.2) is 24.9 Å². The molecule has 0 radical (unpaired) electrons. The second-order valence-electron chi connectivity index (χ2n) is 35.5. The van der Waals surface area contributed by atoms with Crippen LogP contribution >= 0.6 is 68.3 Å². The first-order valence-electron chi connectivity index (χ1n) is 45.8. The van der Waals surface area contributed by atoms with Crippen LogP contribution in [0.15, 0.2) is 238 Å². The van der Waals surface area contributed by atoms with Crippen LogP contribution in [0, 0.1) is 6.92 Å². The number of Topliss-reactive ketones (excluding diaryl/α,β-unsaturated/α-hetero) is 10. The van der Waals surface area contributed by atoms with Crippen molar-refractivity contribution in [2.75, 3.05) is 6.61 Å². The van der Waals surface area contributed by atoms with Crippen molar-refractivity contribution >= 4 is 126 Å². The van der Waals surface area contributed by atoms with Crippen molar-refractivity contribution in [3.8, 4) is 75.2 Å². The molecule has 5 aliphatic rings. The standard InChI is InChI=1S/C24H26N2O3S.C22H22N2O3S.C21H17F3N2O3S.C20H15F3N2O3S.C19H15ClN2O2S/c1-15-23(16-7-9-17(10-8-16)29-24(2,3)4)30-22(25-15)14-21(28)19-11-12-20(27)18-6-5-13-26(18)19;1-14(2)27-16-7-5-15(6-8-16)21-13-23-22(28-21)12-20(26)18-9-10-19(25)17-4-3-11-24(17)18;22-21(23,24)12-29-14-5-3-13(4-6-14)19-11-25-20(30-19)10-18(28)16-7-8-17(27)15-2-1-9-26(15)16;21-20(22,23)28-13-5-3-12(4-6-13)18-11-24-19(29-18)10-17(27)15-7-8-16(26)14-2-1-9-25(14)15;20-13-5-3-12(4-6-13)18-11-21-19(25-18)10-17(24)15-7-8-16(23)14-2-1-9-22(14)15/h5-10,13,19H,11-12,14H2,1-4H3;3-8,11,13-14,18H,9-10,12H2,1-2H3;1-6,9,11,16H,7-8,10,12H2;1-6,9,11,15H,7-8,10H2;1-6,9,11,15H,7-8,10H2. The van der Waals surface area contributed by atoms with Gasteiger partial charge in [0, 0.05) is 92.9 Å². The molecular weight excluding hydrogens is 1950 g/mol. The van der Waals surface area contributed by atoms with Crippen LogP contribution in [-0.2, 0) is 56.1 Å². The molecule has 0 saturated carbocycles. The van der Waals surface area contributed by atoms with Crippen molar-refractivity contribution in [1.82, 2.24) is 47.8 Å².